The van der Waals surface area contributed by atoms with E-state index >= 15 is 0 Å². The summed E-state index contributed by atoms with van der Waals surface area (Å²) in [6, 6.07) is 7.78. The predicted molar refractivity (Wildman–Crippen MR) is 159 cm³/mol. The lowest BCUT2D eigenvalue weighted by molar-refractivity contribution is 0.0170. The van der Waals surface area contributed by atoms with E-state index in [1.54, 1.807) is 24.3 Å². The first kappa shape index (κ1) is 28.9. The van der Waals surface area contributed by atoms with Crippen LogP contribution < -0.4 is 4.90 Å². The number of esters is 2. The molecule has 6 rings (SSSR count). The molecular formula is C30H28Cl2FN3O5S. The maximum Gasteiger partial charge on any atom is 0.344 e. The number of piperidine rings is 1. The molecule has 0 spiro atoms. The summed E-state index contributed by atoms with van der Waals surface area (Å²) in [6.07, 6.45) is 3.29. The van der Waals surface area contributed by atoms with Gasteiger partial charge in [-0.25, -0.2) is 19.0 Å². The number of benzene rings is 2. The standard InChI is InChI=1S/C30H28Cl2FN3O5S/c1-4-17-13-18(10-14(2)36(17)30-34-25-21(33)11-16(28(37)39-3)12-22(25)42-30)40-29(38)24-26(35-41-27(24)15-8-9-15)23-19(31)6-5-7-20(23)32/h5-7,11-12,14-15,17-18H,4,8-10,13H2,1-3H3/t14-,17+,18+/m1/s1. The van der Waals surface area contributed by atoms with E-state index in [0.29, 0.717) is 44.0 Å². The summed E-state index contributed by atoms with van der Waals surface area (Å²) in [5.41, 5.74) is 1.36. The van der Waals surface area contributed by atoms with E-state index in [-0.39, 0.29) is 46.4 Å². The first-order valence-corrected chi connectivity index (χ1v) is 15.4. The summed E-state index contributed by atoms with van der Waals surface area (Å²) in [7, 11) is 1.26. The highest BCUT2D eigenvalue weighted by Gasteiger charge is 2.40. The fourth-order valence-corrected chi connectivity index (χ4v) is 7.49. The maximum atomic E-state index is 14.9. The first-order chi connectivity index (χ1) is 20.2. The van der Waals surface area contributed by atoms with E-state index in [1.165, 1.54) is 18.4 Å². The first-order valence-electron chi connectivity index (χ1n) is 13.8. The van der Waals surface area contributed by atoms with Crippen molar-refractivity contribution in [3.63, 3.8) is 0 Å². The molecule has 0 bridgehead atoms. The molecule has 42 heavy (non-hydrogen) atoms. The number of hydrogen-bond donors (Lipinski definition) is 0. The van der Waals surface area contributed by atoms with Crippen LogP contribution in [0.15, 0.2) is 34.9 Å². The minimum Gasteiger partial charge on any atom is -0.465 e. The summed E-state index contributed by atoms with van der Waals surface area (Å²) in [5, 5.41) is 5.60. The van der Waals surface area contributed by atoms with E-state index in [1.807, 2.05) is 6.92 Å². The molecule has 0 radical (unpaired) electrons. The number of rotatable bonds is 7. The molecule has 2 fully saturated rings. The van der Waals surface area contributed by atoms with E-state index in [4.69, 9.17) is 37.2 Å². The molecule has 2 aliphatic rings. The Hall–Kier alpha value is -3.21. The van der Waals surface area contributed by atoms with Gasteiger partial charge in [0.2, 0.25) is 0 Å². The van der Waals surface area contributed by atoms with Crippen molar-refractivity contribution in [3.8, 4) is 11.3 Å². The lowest BCUT2D eigenvalue weighted by Crippen LogP contribution is -2.50. The molecule has 3 atom stereocenters. The Kier molecular flexibility index (Phi) is 7.89. The third kappa shape index (κ3) is 5.24. The molecular weight excluding hydrogens is 604 g/mol. The minimum atomic E-state index is -0.606. The lowest BCUT2D eigenvalue weighted by Gasteiger charge is -2.43. The van der Waals surface area contributed by atoms with Crippen LogP contribution in [0.3, 0.4) is 0 Å². The van der Waals surface area contributed by atoms with Gasteiger partial charge in [-0.2, -0.15) is 0 Å². The average Bonchev–Trinajstić information content (AvgIpc) is 3.56. The second-order valence-corrected chi connectivity index (χ2v) is 12.6. The molecule has 1 aliphatic heterocycles. The number of thiazole rings is 1. The third-order valence-corrected chi connectivity index (χ3v) is 9.55. The SMILES string of the molecule is CC[C@H]1C[C@@H](OC(=O)c2c(-c3c(Cl)cccc3Cl)noc2C2CC2)C[C@@H](C)N1c1nc2c(F)cc(C(=O)OC)cc2s1. The molecule has 220 valence electrons. The number of carbonyl (C=O) groups is 2. The van der Waals surface area contributed by atoms with Crippen LogP contribution in [0.1, 0.15) is 78.3 Å². The van der Waals surface area contributed by atoms with Crippen molar-refractivity contribution >= 4 is 61.8 Å². The van der Waals surface area contributed by atoms with Crippen LogP contribution in [0.4, 0.5) is 9.52 Å². The molecule has 0 unspecified atom stereocenters. The molecule has 2 aromatic carbocycles. The number of anilines is 1. The summed E-state index contributed by atoms with van der Waals surface area (Å²) >= 11 is 14.3. The molecule has 1 saturated heterocycles. The van der Waals surface area contributed by atoms with Gasteiger partial charge in [0.15, 0.2) is 16.7 Å². The number of hydrogen-bond acceptors (Lipinski definition) is 9. The Morgan fingerprint density at radius 2 is 1.90 bits per heavy atom. The molecule has 8 nitrogen and oxygen atoms in total. The number of fused-ring (bicyclic) bond motifs is 1. The Morgan fingerprint density at radius 1 is 1.17 bits per heavy atom. The molecule has 3 heterocycles. The predicted octanol–water partition coefficient (Wildman–Crippen LogP) is 8.05. The van der Waals surface area contributed by atoms with Gasteiger partial charge >= 0.3 is 11.9 Å². The highest BCUT2D eigenvalue weighted by molar-refractivity contribution is 7.22. The fourth-order valence-electron chi connectivity index (χ4n) is 5.72. The van der Waals surface area contributed by atoms with Gasteiger partial charge in [-0.1, -0.05) is 52.7 Å². The number of aromatic nitrogens is 2. The smallest absolute Gasteiger partial charge is 0.344 e. The van der Waals surface area contributed by atoms with Gasteiger partial charge in [0.1, 0.15) is 22.9 Å². The number of ether oxygens (including phenoxy) is 2. The second kappa shape index (κ2) is 11.5. The minimum absolute atomic E-state index is 0.0156. The molecule has 0 N–H and O–H groups in total. The molecule has 1 aliphatic carbocycles. The topological polar surface area (TPSA) is 94.8 Å². The molecule has 0 amide bonds. The number of methoxy groups -OCH3 is 1. The van der Waals surface area contributed by atoms with Crippen LogP contribution in [0.2, 0.25) is 10.0 Å². The summed E-state index contributed by atoms with van der Waals surface area (Å²) in [5.74, 6) is -1.08. The van der Waals surface area contributed by atoms with Crippen molar-refractivity contribution in [2.24, 2.45) is 0 Å². The Morgan fingerprint density at radius 3 is 2.57 bits per heavy atom. The number of halogens is 3. The van der Waals surface area contributed by atoms with Gasteiger partial charge in [0.25, 0.3) is 0 Å². The number of nitrogens with zero attached hydrogens (tertiary/aromatic N) is 3. The van der Waals surface area contributed by atoms with E-state index < -0.39 is 17.8 Å². The Balaban J connectivity index is 1.26. The lowest BCUT2D eigenvalue weighted by atomic mass is 9.92. The van der Waals surface area contributed by atoms with Crippen molar-refractivity contribution in [1.29, 1.82) is 0 Å². The average molecular weight is 633 g/mol. The van der Waals surface area contributed by atoms with Crippen molar-refractivity contribution in [1.82, 2.24) is 10.1 Å². The van der Waals surface area contributed by atoms with Crippen molar-refractivity contribution in [3.05, 3.63) is 63.1 Å². The zero-order chi connectivity index (χ0) is 29.7. The quantitative estimate of drug-likeness (QED) is 0.189. The van der Waals surface area contributed by atoms with E-state index in [2.05, 4.69) is 22.0 Å². The van der Waals surface area contributed by atoms with Gasteiger partial charge in [-0.3, -0.25) is 0 Å². The van der Waals surface area contributed by atoms with Gasteiger partial charge in [-0.05, 0) is 50.5 Å². The van der Waals surface area contributed by atoms with Crippen LogP contribution in [-0.4, -0.2) is 47.4 Å². The Bertz CT molecular complexity index is 1670. The molecule has 12 heteroatoms. The molecule has 1 saturated carbocycles. The van der Waals surface area contributed by atoms with E-state index in [9.17, 15) is 14.0 Å². The van der Waals surface area contributed by atoms with Crippen LogP contribution in [-0.2, 0) is 9.47 Å². The van der Waals surface area contributed by atoms with Crippen LogP contribution in [0.5, 0.6) is 0 Å². The summed E-state index contributed by atoms with van der Waals surface area (Å²) in [4.78, 5) is 32.5. The van der Waals surface area contributed by atoms with Gasteiger partial charge in [-0.15, -0.1) is 0 Å². The monoisotopic (exact) mass is 631 g/mol. The van der Waals surface area contributed by atoms with Crippen LogP contribution in [0, 0.1) is 5.82 Å². The highest BCUT2D eigenvalue weighted by atomic mass is 35.5. The largest absolute Gasteiger partial charge is 0.465 e. The van der Waals surface area contributed by atoms with E-state index in [0.717, 1.165) is 25.3 Å². The molecule has 2 aromatic heterocycles. The van der Waals surface area contributed by atoms with Gasteiger partial charge < -0.3 is 18.9 Å². The van der Waals surface area contributed by atoms with Crippen molar-refractivity contribution in [2.75, 3.05) is 12.0 Å². The molecule has 4 aromatic rings. The van der Waals surface area contributed by atoms with Gasteiger partial charge in [0, 0.05) is 36.4 Å². The van der Waals surface area contributed by atoms with Crippen molar-refractivity contribution < 1.29 is 28.0 Å². The Labute approximate surface area is 255 Å². The summed E-state index contributed by atoms with van der Waals surface area (Å²) in [6.45, 7) is 4.09. The van der Waals surface area contributed by atoms with Gasteiger partial charge in [0.05, 0.1) is 27.4 Å². The summed E-state index contributed by atoms with van der Waals surface area (Å²) < 4.78 is 32.0. The van der Waals surface area contributed by atoms with Crippen LogP contribution >= 0.6 is 34.5 Å². The number of carbonyl (C=O) groups excluding carboxylic acids is 2. The third-order valence-electron chi connectivity index (χ3n) is 7.90. The maximum absolute atomic E-state index is 14.9. The zero-order valence-corrected chi connectivity index (χ0v) is 25.5. The fraction of sp³-hybridized carbons (Fsp3) is 0.400. The van der Waals surface area contributed by atoms with Crippen LogP contribution in [0.25, 0.3) is 21.5 Å². The highest BCUT2D eigenvalue weighted by Crippen LogP contribution is 2.46. The zero-order valence-electron chi connectivity index (χ0n) is 23.2. The van der Waals surface area contributed by atoms with Crippen molar-refractivity contribution in [2.45, 2.75) is 70.1 Å². The second-order valence-electron chi connectivity index (χ2n) is 10.8. The normalized spacial score (nSPS) is 20.6.